The van der Waals surface area contributed by atoms with Gasteiger partial charge < -0.3 is 16.8 Å². The van der Waals surface area contributed by atoms with E-state index in [1.165, 1.54) is 6.92 Å². The standard InChI is InChI=1S/C10H17N3O3S2/c1-4-18(15,16)8-6(11)7(9(12)14)17-10(8)13-5(2)3/h5,13H,4,11H2,1-3H3,(H2,12,14). The fourth-order valence-corrected chi connectivity index (χ4v) is 4.07. The molecule has 18 heavy (non-hydrogen) atoms. The summed E-state index contributed by atoms with van der Waals surface area (Å²) in [6.45, 7) is 5.25. The van der Waals surface area contributed by atoms with Crippen molar-refractivity contribution >= 4 is 37.8 Å². The number of amides is 1. The quantitative estimate of drug-likeness (QED) is 0.749. The van der Waals surface area contributed by atoms with E-state index < -0.39 is 15.7 Å². The molecule has 1 rings (SSSR count). The molecule has 0 saturated heterocycles. The van der Waals surface area contributed by atoms with Gasteiger partial charge in [-0.2, -0.15) is 0 Å². The number of hydrogen-bond donors (Lipinski definition) is 3. The fraction of sp³-hybridized carbons (Fsp3) is 0.500. The van der Waals surface area contributed by atoms with Gasteiger partial charge in [-0.15, -0.1) is 11.3 Å². The minimum atomic E-state index is -3.50. The third kappa shape index (κ3) is 2.75. The summed E-state index contributed by atoms with van der Waals surface area (Å²) in [5, 5.41) is 3.35. The van der Waals surface area contributed by atoms with Crippen LogP contribution in [0.3, 0.4) is 0 Å². The first-order valence-electron chi connectivity index (χ1n) is 5.42. The summed E-state index contributed by atoms with van der Waals surface area (Å²) in [7, 11) is -3.50. The molecule has 0 radical (unpaired) electrons. The van der Waals surface area contributed by atoms with Gasteiger partial charge in [0.25, 0.3) is 5.91 Å². The van der Waals surface area contributed by atoms with E-state index in [0.717, 1.165) is 11.3 Å². The molecule has 6 nitrogen and oxygen atoms in total. The largest absolute Gasteiger partial charge is 0.396 e. The molecule has 0 bridgehead atoms. The highest BCUT2D eigenvalue weighted by molar-refractivity contribution is 7.91. The van der Waals surface area contributed by atoms with E-state index in [9.17, 15) is 13.2 Å². The van der Waals surface area contributed by atoms with Crippen LogP contribution in [0.25, 0.3) is 0 Å². The molecular formula is C10H17N3O3S2. The van der Waals surface area contributed by atoms with Crippen LogP contribution in [-0.4, -0.2) is 26.1 Å². The maximum Gasteiger partial charge on any atom is 0.261 e. The van der Waals surface area contributed by atoms with Crippen molar-refractivity contribution in [1.82, 2.24) is 0 Å². The van der Waals surface area contributed by atoms with Crippen molar-refractivity contribution in [2.45, 2.75) is 31.7 Å². The molecule has 0 unspecified atom stereocenters. The van der Waals surface area contributed by atoms with Gasteiger partial charge in [0.15, 0.2) is 9.84 Å². The number of rotatable bonds is 5. The molecule has 0 spiro atoms. The lowest BCUT2D eigenvalue weighted by atomic mass is 10.3. The molecule has 0 fully saturated rings. The van der Waals surface area contributed by atoms with Crippen LogP contribution in [0.5, 0.6) is 0 Å². The SMILES string of the molecule is CCS(=O)(=O)c1c(NC(C)C)sc(C(N)=O)c1N. The second-order valence-corrected chi connectivity index (χ2v) is 7.31. The third-order valence-electron chi connectivity index (χ3n) is 2.23. The first kappa shape index (κ1) is 14.8. The molecule has 0 atom stereocenters. The molecule has 1 heterocycles. The molecule has 0 aliphatic carbocycles. The minimum Gasteiger partial charge on any atom is -0.396 e. The summed E-state index contributed by atoms with van der Waals surface area (Å²) < 4.78 is 24.0. The molecule has 8 heteroatoms. The molecule has 102 valence electrons. The molecule has 5 N–H and O–H groups in total. The van der Waals surface area contributed by atoms with Gasteiger partial charge in [-0.3, -0.25) is 4.79 Å². The summed E-state index contributed by atoms with van der Waals surface area (Å²) in [4.78, 5) is 11.3. The van der Waals surface area contributed by atoms with Gasteiger partial charge in [0, 0.05) is 6.04 Å². The Kier molecular flexibility index (Phi) is 4.23. The number of nitrogen functional groups attached to an aromatic ring is 1. The normalized spacial score (nSPS) is 11.8. The zero-order chi connectivity index (χ0) is 14.1. The smallest absolute Gasteiger partial charge is 0.261 e. The topological polar surface area (TPSA) is 115 Å². The number of hydrogen-bond acceptors (Lipinski definition) is 6. The van der Waals surface area contributed by atoms with Crippen LogP contribution >= 0.6 is 11.3 Å². The third-order valence-corrected chi connectivity index (χ3v) is 5.32. The summed E-state index contributed by atoms with van der Waals surface area (Å²) >= 11 is 0.975. The number of anilines is 2. The molecule has 0 aliphatic heterocycles. The van der Waals surface area contributed by atoms with Crippen LogP contribution in [0.15, 0.2) is 4.90 Å². The summed E-state index contributed by atoms with van der Waals surface area (Å²) in [5.41, 5.74) is 10.9. The molecule has 1 amide bonds. The second kappa shape index (κ2) is 5.15. The van der Waals surface area contributed by atoms with Gasteiger partial charge in [-0.1, -0.05) is 6.92 Å². The van der Waals surface area contributed by atoms with Crippen molar-refractivity contribution in [2.75, 3.05) is 16.8 Å². The maximum absolute atomic E-state index is 12.0. The zero-order valence-electron chi connectivity index (χ0n) is 10.5. The molecule has 1 aromatic rings. The average molecular weight is 291 g/mol. The van der Waals surface area contributed by atoms with Crippen LogP contribution in [0.2, 0.25) is 0 Å². The van der Waals surface area contributed by atoms with Gasteiger partial charge in [-0.25, -0.2) is 8.42 Å². The highest BCUT2D eigenvalue weighted by Crippen LogP contribution is 2.39. The number of primary amides is 1. The lowest BCUT2D eigenvalue weighted by molar-refractivity contribution is 0.100. The lowest BCUT2D eigenvalue weighted by Gasteiger charge is -2.10. The van der Waals surface area contributed by atoms with E-state index in [-0.39, 0.29) is 27.3 Å². The van der Waals surface area contributed by atoms with Crippen molar-refractivity contribution in [3.8, 4) is 0 Å². The Bertz CT molecular complexity index is 561. The van der Waals surface area contributed by atoms with Gasteiger partial charge in [0.2, 0.25) is 0 Å². The van der Waals surface area contributed by atoms with E-state index in [1.807, 2.05) is 13.8 Å². The number of nitrogens with two attached hydrogens (primary N) is 2. The average Bonchev–Trinajstić information content (AvgIpc) is 2.55. The number of thiophene rings is 1. The molecule has 1 aromatic heterocycles. The van der Waals surface area contributed by atoms with Gasteiger partial charge in [0.1, 0.15) is 14.8 Å². The summed E-state index contributed by atoms with van der Waals surface area (Å²) in [5.74, 6) is -0.805. The first-order chi connectivity index (χ1) is 8.20. The van der Waals surface area contributed by atoms with E-state index in [0.29, 0.717) is 5.00 Å². The molecule has 0 aromatic carbocycles. The van der Waals surface area contributed by atoms with Crippen LogP contribution in [0, 0.1) is 0 Å². The van der Waals surface area contributed by atoms with Crippen molar-refractivity contribution in [3.05, 3.63) is 4.88 Å². The fourth-order valence-electron chi connectivity index (χ4n) is 1.42. The maximum atomic E-state index is 12.0. The van der Waals surface area contributed by atoms with Gasteiger partial charge in [-0.05, 0) is 13.8 Å². The number of carbonyl (C=O) groups excluding carboxylic acids is 1. The van der Waals surface area contributed by atoms with Crippen LogP contribution in [0.1, 0.15) is 30.4 Å². The second-order valence-electron chi connectivity index (χ2n) is 4.07. The van der Waals surface area contributed by atoms with E-state index in [2.05, 4.69) is 5.32 Å². The Morgan fingerprint density at radius 1 is 1.44 bits per heavy atom. The van der Waals surface area contributed by atoms with Crippen LogP contribution < -0.4 is 16.8 Å². The van der Waals surface area contributed by atoms with Gasteiger partial charge >= 0.3 is 0 Å². The van der Waals surface area contributed by atoms with Crippen molar-refractivity contribution in [2.24, 2.45) is 5.73 Å². The molecule has 0 saturated carbocycles. The predicted octanol–water partition coefficient (Wildman–Crippen LogP) is 1.04. The summed E-state index contributed by atoms with van der Waals surface area (Å²) in [6, 6.07) is 0.0228. The molecule has 0 aliphatic rings. The lowest BCUT2D eigenvalue weighted by Crippen LogP contribution is -2.14. The number of carbonyl (C=O) groups is 1. The van der Waals surface area contributed by atoms with Crippen LogP contribution in [0.4, 0.5) is 10.7 Å². The van der Waals surface area contributed by atoms with E-state index in [4.69, 9.17) is 11.5 Å². The monoisotopic (exact) mass is 291 g/mol. The highest BCUT2D eigenvalue weighted by atomic mass is 32.2. The summed E-state index contributed by atoms with van der Waals surface area (Å²) in [6.07, 6.45) is 0. The van der Waals surface area contributed by atoms with Crippen LogP contribution in [-0.2, 0) is 9.84 Å². The Balaban J connectivity index is 3.51. The Morgan fingerprint density at radius 2 is 2.00 bits per heavy atom. The number of sulfone groups is 1. The molecular weight excluding hydrogens is 274 g/mol. The minimum absolute atomic E-state index is 0.0162. The Morgan fingerprint density at radius 3 is 2.39 bits per heavy atom. The zero-order valence-corrected chi connectivity index (χ0v) is 12.1. The predicted molar refractivity (Wildman–Crippen MR) is 73.7 cm³/mol. The van der Waals surface area contributed by atoms with E-state index >= 15 is 0 Å². The Labute approximate surface area is 110 Å². The highest BCUT2D eigenvalue weighted by Gasteiger charge is 2.28. The number of nitrogens with one attached hydrogen (secondary N) is 1. The van der Waals surface area contributed by atoms with E-state index in [1.54, 1.807) is 0 Å². The Hall–Kier alpha value is -1.28. The van der Waals surface area contributed by atoms with Crippen molar-refractivity contribution in [1.29, 1.82) is 0 Å². The van der Waals surface area contributed by atoms with Crippen molar-refractivity contribution in [3.63, 3.8) is 0 Å². The first-order valence-corrected chi connectivity index (χ1v) is 7.89. The van der Waals surface area contributed by atoms with Gasteiger partial charge in [0.05, 0.1) is 11.4 Å². The van der Waals surface area contributed by atoms with Crippen molar-refractivity contribution < 1.29 is 13.2 Å².